The molecule has 20 heavy (non-hydrogen) atoms. The van der Waals surface area contributed by atoms with Crippen molar-refractivity contribution in [1.29, 1.82) is 0 Å². The summed E-state index contributed by atoms with van der Waals surface area (Å²) in [5.41, 5.74) is 8.65. The van der Waals surface area contributed by atoms with E-state index < -0.39 is 0 Å². The van der Waals surface area contributed by atoms with E-state index in [4.69, 9.17) is 5.73 Å². The lowest BCUT2D eigenvalue weighted by Gasteiger charge is -2.14. The van der Waals surface area contributed by atoms with E-state index in [1.165, 1.54) is 12.4 Å². The molecular formula is C14H17FN4O. The second-order valence-electron chi connectivity index (χ2n) is 4.64. The van der Waals surface area contributed by atoms with Gasteiger partial charge in [0.15, 0.2) is 0 Å². The van der Waals surface area contributed by atoms with Crippen LogP contribution in [0.5, 0.6) is 0 Å². The summed E-state index contributed by atoms with van der Waals surface area (Å²) >= 11 is 0. The van der Waals surface area contributed by atoms with Crippen LogP contribution in [0.25, 0.3) is 0 Å². The third-order valence-electron chi connectivity index (χ3n) is 3.34. The highest BCUT2D eigenvalue weighted by molar-refractivity contribution is 5.93. The molecule has 0 spiro atoms. The van der Waals surface area contributed by atoms with Gasteiger partial charge in [0.05, 0.1) is 11.8 Å². The molecule has 2 rings (SSSR count). The summed E-state index contributed by atoms with van der Waals surface area (Å²) in [6.45, 7) is 4.00. The minimum absolute atomic E-state index is 0.162. The number of benzene rings is 1. The van der Waals surface area contributed by atoms with E-state index in [2.05, 4.69) is 15.5 Å². The molecule has 0 atom stereocenters. The van der Waals surface area contributed by atoms with Gasteiger partial charge in [-0.2, -0.15) is 5.10 Å². The lowest BCUT2D eigenvalue weighted by molar-refractivity contribution is 0.0951. The van der Waals surface area contributed by atoms with Crippen LogP contribution in [-0.4, -0.2) is 16.1 Å². The predicted molar refractivity (Wildman–Crippen MR) is 73.5 cm³/mol. The number of hydrogen-bond donors (Lipinski definition) is 3. The van der Waals surface area contributed by atoms with Gasteiger partial charge in [-0.3, -0.25) is 9.89 Å². The number of halogens is 1. The van der Waals surface area contributed by atoms with Gasteiger partial charge < -0.3 is 11.1 Å². The molecule has 0 aliphatic carbocycles. The number of nitrogens with two attached hydrogens (primary N) is 1. The molecule has 1 aromatic carbocycles. The molecule has 0 fully saturated rings. The molecule has 0 aliphatic heterocycles. The van der Waals surface area contributed by atoms with Gasteiger partial charge in [0.2, 0.25) is 0 Å². The quantitative estimate of drug-likeness (QED) is 0.792. The van der Waals surface area contributed by atoms with E-state index in [-0.39, 0.29) is 24.8 Å². The van der Waals surface area contributed by atoms with Crippen molar-refractivity contribution in [2.45, 2.75) is 26.9 Å². The molecule has 0 radical (unpaired) electrons. The molecule has 4 N–H and O–H groups in total. The van der Waals surface area contributed by atoms with Crippen LogP contribution in [0.1, 0.15) is 32.6 Å². The lowest BCUT2D eigenvalue weighted by Crippen LogP contribution is -2.23. The van der Waals surface area contributed by atoms with Crippen LogP contribution < -0.4 is 11.1 Å². The van der Waals surface area contributed by atoms with Crippen LogP contribution in [0.4, 0.5) is 4.39 Å². The number of carbonyl (C=O) groups excluding carboxylic acids is 1. The molecule has 1 amide bonds. The van der Waals surface area contributed by atoms with Crippen molar-refractivity contribution in [2.24, 2.45) is 5.73 Å². The Bertz CT molecular complexity index is 623. The number of nitrogens with zero attached hydrogens (tertiary/aromatic N) is 1. The first-order chi connectivity index (χ1) is 9.54. The van der Waals surface area contributed by atoms with Gasteiger partial charge in [-0.1, -0.05) is 6.07 Å². The van der Waals surface area contributed by atoms with Crippen LogP contribution in [0.2, 0.25) is 0 Å². The van der Waals surface area contributed by atoms with E-state index in [1.807, 2.05) is 6.92 Å². The lowest BCUT2D eigenvalue weighted by atomic mass is 9.98. The summed E-state index contributed by atoms with van der Waals surface area (Å²) in [4.78, 5) is 11.8. The number of aromatic amines is 1. The Morgan fingerprint density at radius 3 is 2.85 bits per heavy atom. The monoisotopic (exact) mass is 276 g/mol. The molecule has 0 unspecified atom stereocenters. The molecule has 0 saturated heterocycles. The standard InChI is InChI=1S/C14H17FN4O/c1-8-3-10(4-16)13(15)9(2)12(8)7-17-14(20)11-5-18-19-6-11/h3,5-6H,4,7,16H2,1-2H3,(H,17,20)(H,18,19). The minimum Gasteiger partial charge on any atom is -0.348 e. The van der Waals surface area contributed by atoms with Gasteiger partial charge in [-0.15, -0.1) is 0 Å². The summed E-state index contributed by atoms with van der Waals surface area (Å²) < 4.78 is 14.0. The van der Waals surface area contributed by atoms with Gasteiger partial charge in [-0.05, 0) is 30.5 Å². The number of hydrogen-bond acceptors (Lipinski definition) is 3. The zero-order valence-corrected chi connectivity index (χ0v) is 11.5. The zero-order valence-electron chi connectivity index (χ0n) is 11.5. The van der Waals surface area contributed by atoms with Gasteiger partial charge in [-0.25, -0.2) is 4.39 Å². The maximum absolute atomic E-state index is 14.0. The van der Waals surface area contributed by atoms with Crippen molar-refractivity contribution in [1.82, 2.24) is 15.5 Å². The van der Waals surface area contributed by atoms with Crippen LogP contribution in [0.3, 0.4) is 0 Å². The topological polar surface area (TPSA) is 83.8 Å². The Balaban J connectivity index is 2.18. The molecule has 0 bridgehead atoms. The summed E-state index contributed by atoms with van der Waals surface area (Å²) in [6.07, 6.45) is 2.94. The second-order valence-corrected chi connectivity index (χ2v) is 4.64. The molecule has 1 aromatic heterocycles. The molecule has 1 heterocycles. The van der Waals surface area contributed by atoms with Crippen LogP contribution in [-0.2, 0) is 13.1 Å². The van der Waals surface area contributed by atoms with E-state index in [1.54, 1.807) is 13.0 Å². The summed E-state index contributed by atoms with van der Waals surface area (Å²) in [5.74, 6) is -0.550. The Morgan fingerprint density at radius 2 is 2.25 bits per heavy atom. The first kappa shape index (κ1) is 14.2. The van der Waals surface area contributed by atoms with Crippen molar-refractivity contribution in [3.05, 3.63) is 52.1 Å². The highest BCUT2D eigenvalue weighted by Gasteiger charge is 2.14. The van der Waals surface area contributed by atoms with Crippen LogP contribution in [0, 0.1) is 19.7 Å². The Kier molecular flexibility index (Phi) is 4.14. The number of H-pyrrole nitrogens is 1. The third kappa shape index (κ3) is 2.70. The van der Waals surface area contributed by atoms with Gasteiger partial charge in [0, 0.05) is 24.8 Å². The van der Waals surface area contributed by atoms with Crippen molar-refractivity contribution in [2.75, 3.05) is 0 Å². The van der Waals surface area contributed by atoms with E-state index >= 15 is 0 Å². The average Bonchev–Trinajstić information content (AvgIpc) is 2.96. The summed E-state index contributed by atoms with van der Waals surface area (Å²) in [6, 6.07) is 1.72. The molecule has 106 valence electrons. The van der Waals surface area contributed by atoms with Gasteiger partial charge in [0.1, 0.15) is 5.82 Å². The third-order valence-corrected chi connectivity index (χ3v) is 3.34. The number of amides is 1. The molecular weight excluding hydrogens is 259 g/mol. The number of carbonyl (C=O) groups is 1. The first-order valence-corrected chi connectivity index (χ1v) is 6.29. The molecule has 2 aromatic rings. The fraction of sp³-hybridized carbons (Fsp3) is 0.286. The number of aromatic nitrogens is 2. The van der Waals surface area contributed by atoms with Crippen molar-refractivity contribution in [3.8, 4) is 0 Å². The van der Waals surface area contributed by atoms with Gasteiger partial charge >= 0.3 is 0 Å². The van der Waals surface area contributed by atoms with E-state index in [0.717, 1.165) is 11.1 Å². The second kappa shape index (κ2) is 5.83. The number of rotatable bonds is 4. The molecule has 6 heteroatoms. The maximum atomic E-state index is 14.0. The fourth-order valence-corrected chi connectivity index (χ4v) is 2.15. The van der Waals surface area contributed by atoms with Crippen LogP contribution in [0.15, 0.2) is 18.5 Å². The van der Waals surface area contributed by atoms with Gasteiger partial charge in [0.25, 0.3) is 5.91 Å². The SMILES string of the molecule is Cc1cc(CN)c(F)c(C)c1CNC(=O)c1cn[nH]c1. The highest BCUT2D eigenvalue weighted by atomic mass is 19.1. The fourth-order valence-electron chi connectivity index (χ4n) is 2.15. The Labute approximate surface area is 116 Å². The molecule has 5 nitrogen and oxygen atoms in total. The normalized spacial score (nSPS) is 10.6. The number of aryl methyl sites for hydroxylation is 1. The van der Waals surface area contributed by atoms with Crippen molar-refractivity contribution in [3.63, 3.8) is 0 Å². The smallest absolute Gasteiger partial charge is 0.254 e. The summed E-state index contributed by atoms with van der Waals surface area (Å²) in [5, 5.41) is 9.03. The Morgan fingerprint density at radius 1 is 1.50 bits per heavy atom. The summed E-state index contributed by atoms with van der Waals surface area (Å²) in [7, 11) is 0. The maximum Gasteiger partial charge on any atom is 0.254 e. The molecule has 0 aliphatic rings. The number of nitrogens with one attached hydrogen (secondary N) is 2. The minimum atomic E-state index is -0.300. The highest BCUT2D eigenvalue weighted by Crippen LogP contribution is 2.21. The average molecular weight is 276 g/mol. The van der Waals surface area contributed by atoms with Crippen molar-refractivity contribution < 1.29 is 9.18 Å². The Hall–Kier alpha value is -2.21. The van der Waals surface area contributed by atoms with E-state index in [9.17, 15) is 9.18 Å². The van der Waals surface area contributed by atoms with Crippen molar-refractivity contribution >= 4 is 5.91 Å². The van der Waals surface area contributed by atoms with E-state index in [0.29, 0.717) is 16.7 Å². The first-order valence-electron chi connectivity index (χ1n) is 6.29. The molecule has 0 saturated carbocycles. The van der Waals surface area contributed by atoms with Crippen LogP contribution >= 0.6 is 0 Å². The largest absolute Gasteiger partial charge is 0.348 e. The zero-order chi connectivity index (χ0) is 14.7. The predicted octanol–water partition coefficient (Wildman–Crippen LogP) is 1.55.